The average Bonchev–Trinajstić information content (AvgIpc) is 2.61. The summed E-state index contributed by atoms with van der Waals surface area (Å²) in [5, 5.41) is 2.37. The SMILES string of the molecule is [2H]C([2H])([2H])N1CC(=O)OC(CC)CCCCCCCC(=O)N/C1=N/C(=O)OC(C)(C)C. The Bertz CT molecular complexity index is 659. The molecule has 28 heavy (non-hydrogen) atoms. The van der Waals surface area contributed by atoms with Gasteiger partial charge >= 0.3 is 12.1 Å². The minimum absolute atomic E-state index is 0.143. The molecule has 0 aromatic rings. The summed E-state index contributed by atoms with van der Waals surface area (Å²) in [7, 11) is 0. The topological polar surface area (TPSA) is 97.3 Å². The molecule has 0 aromatic carbocycles. The standard InChI is InChI=1S/C20H35N3O5/c1-6-15-12-10-8-7-9-11-13-16(24)21-18(23(5)14-17(25)27-15)22-19(26)28-20(2,3)4/h15H,6-14H2,1-5H3,(H,21,22,24,26)/i5D3. The molecule has 1 aliphatic rings. The first-order valence-electron chi connectivity index (χ1n) is 11.4. The molecule has 1 saturated heterocycles. The van der Waals surface area contributed by atoms with Gasteiger partial charge in [-0.25, -0.2) is 4.79 Å². The Morgan fingerprint density at radius 1 is 1.29 bits per heavy atom. The number of likely N-dealkylation sites (N-methyl/N-ethyl adjacent to an activating group) is 1. The van der Waals surface area contributed by atoms with Crippen LogP contribution in [0.25, 0.3) is 0 Å². The number of aliphatic imine (C=N–C) groups is 1. The molecule has 1 aliphatic heterocycles. The van der Waals surface area contributed by atoms with Crippen molar-refractivity contribution in [1.82, 2.24) is 10.2 Å². The number of amides is 2. The summed E-state index contributed by atoms with van der Waals surface area (Å²) >= 11 is 0. The van der Waals surface area contributed by atoms with Crippen LogP contribution in [-0.2, 0) is 19.1 Å². The van der Waals surface area contributed by atoms with E-state index in [-0.39, 0.29) is 12.5 Å². The van der Waals surface area contributed by atoms with Crippen LogP contribution in [0.2, 0.25) is 0 Å². The molecule has 0 bridgehead atoms. The Kier molecular flexibility index (Phi) is 8.00. The van der Waals surface area contributed by atoms with E-state index in [1.165, 1.54) is 0 Å². The van der Waals surface area contributed by atoms with Crippen molar-refractivity contribution in [2.24, 2.45) is 4.99 Å². The van der Waals surface area contributed by atoms with Crippen LogP contribution in [0.15, 0.2) is 4.99 Å². The van der Waals surface area contributed by atoms with Crippen LogP contribution in [0.4, 0.5) is 4.79 Å². The van der Waals surface area contributed by atoms with Crippen molar-refractivity contribution in [3.05, 3.63) is 0 Å². The molecule has 1 atom stereocenters. The van der Waals surface area contributed by atoms with Crippen molar-refractivity contribution in [1.29, 1.82) is 0 Å². The predicted octanol–water partition coefficient (Wildman–Crippen LogP) is 3.39. The van der Waals surface area contributed by atoms with Gasteiger partial charge in [0, 0.05) is 17.5 Å². The van der Waals surface area contributed by atoms with E-state index >= 15 is 0 Å². The molecule has 8 nitrogen and oxygen atoms in total. The zero-order chi connectivity index (χ0) is 23.7. The molecule has 1 N–H and O–H groups in total. The Hall–Kier alpha value is -2.12. The fourth-order valence-corrected chi connectivity index (χ4v) is 2.68. The number of carbonyl (C=O) groups is 3. The molecule has 1 rings (SSSR count). The molecule has 0 radical (unpaired) electrons. The maximum absolute atomic E-state index is 12.5. The van der Waals surface area contributed by atoms with Gasteiger partial charge < -0.3 is 14.4 Å². The van der Waals surface area contributed by atoms with E-state index in [9.17, 15) is 14.4 Å². The Morgan fingerprint density at radius 3 is 2.61 bits per heavy atom. The molecule has 1 heterocycles. The van der Waals surface area contributed by atoms with Gasteiger partial charge in [-0.15, -0.1) is 4.99 Å². The van der Waals surface area contributed by atoms with Crippen molar-refractivity contribution in [3.63, 3.8) is 0 Å². The zero-order valence-corrected chi connectivity index (χ0v) is 17.4. The monoisotopic (exact) mass is 400 g/mol. The third kappa shape index (κ3) is 10.3. The Morgan fingerprint density at radius 2 is 1.96 bits per heavy atom. The fraction of sp³-hybridized carbons (Fsp3) is 0.800. The molecule has 160 valence electrons. The van der Waals surface area contributed by atoms with E-state index in [0.29, 0.717) is 24.2 Å². The summed E-state index contributed by atoms with van der Waals surface area (Å²) in [5.41, 5.74) is -0.872. The van der Waals surface area contributed by atoms with E-state index in [0.717, 1.165) is 25.7 Å². The highest BCUT2D eigenvalue weighted by atomic mass is 16.6. The number of nitrogens with zero attached hydrogens (tertiary/aromatic N) is 2. The minimum atomic E-state index is -2.86. The van der Waals surface area contributed by atoms with Gasteiger partial charge in [-0.05, 0) is 46.5 Å². The molecule has 2 amide bonds. The maximum Gasteiger partial charge on any atom is 0.437 e. The number of carbonyl (C=O) groups excluding carboxylic acids is 3. The summed E-state index contributed by atoms with van der Waals surface area (Å²) in [6, 6.07) is 0. The summed E-state index contributed by atoms with van der Waals surface area (Å²) in [4.78, 5) is 41.3. The van der Waals surface area contributed by atoms with Crippen LogP contribution in [0.5, 0.6) is 0 Å². The predicted molar refractivity (Wildman–Crippen MR) is 107 cm³/mol. The van der Waals surface area contributed by atoms with Crippen molar-refractivity contribution >= 4 is 23.9 Å². The minimum Gasteiger partial charge on any atom is -0.461 e. The largest absolute Gasteiger partial charge is 0.461 e. The number of rotatable bonds is 1. The highest BCUT2D eigenvalue weighted by molar-refractivity contribution is 6.01. The quantitative estimate of drug-likeness (QED) is 0.678. The fourth-order valence-electron chi connectivity index (χ4n) is 2.68. The van der Waals surface area contributed by atoms with Gasteiger partial charge in [0.1, 0.15) is 18.2 Å². The first-order chi connectivity index (χ1) is 14.3. The average molecular weight is 401 g/mol. The molecule has 1 unspecified atom stereocenters. The second-order valence-corrected chi connectivity index (χ2v) is 7.88. The van der Waals surface area contributed by atoms with E-state index in [4.69, 9.17) is 13.6 Å². The maximum atomic E-state index is 12.5. The van der Waals surface area contributed by atoms with E-state index in [2.05, 4.69) is 10.3 Å². The third-order valence-electron chi connectivity index (χ3n) is 4.07. The van der Waals surface area contributed by atoms with Crippen molar-refractivity contribution < 1.29 is 28.0 Å². The van der Waals surface area contributed by atoms with Gasteiger partial charge in [-0.3, -0.25) is 14.9 Å². The van der Waals surface area contributed by atoms with Gasteiger partial charge in [-0.1, -0.05) is 26.2 Å². The normalized spacial score (nSPS) is 24.7. The second kappa shape index (κ2) is 11.7. The lowest BCUT2D eigenvalue weighted by atomic mass is 10.1. The van der Waals surface area contributed by atoms with Crippen LogP contribution in [0.3, 0.4) is 0 Å². The lowest BCUT2D eigenvalue weighted by Crippen LogP contribution is -2.45. The van der Waals surface area contributed by atoms with Crippen LogP contribution in [-0.4, -0.2) is 54.1 Å². The van der Waals surface area contributed by atoms with Crippen molar-refractivity contribution in [3.8, 4) is 0 Å². The van der Waals surface area contributed by atoms with Crippen LogP contribution in [0.1, 0.15) is 83.2 Å². The molecular weight excluding hydrogens is 362 g/mol. The number of hydrogen-bond donors (Lipinski definition) is 1. The molecular formula is C20H35N3O5. The summed E-state index contributed by atoms with van der Waals surface area (Å²) in [6.07, 6.45) is 4.28. The van der Waals surface area contributed by atoms with Gasteiger partial charge in [-0.2, -0.15) is 0 Å². The van der Waals surface area contributed by atoms with Gasteiger partial charge in [0.15, 0.2) is 0 Å². The number of cyclic esters (lactones) is 1. The van der Waals surface area contributed by atoms with Gasteiger partial charge in [0.25, 0.3) is 0 Å². The number of esters is 1. The Balaban J connectivity index is 3.24. The van der Waals surface area contributed by atoms with Gasteiger partial charge in [0.2, 0.25) is 11.9 Å². The van der Waals surface area contributed by atoms with E-state index < -0.39 is 43.1 Å². The lowest BCUT2D eigenvalue weighted by molar-refractivity contribution is -0.149. The van der Waals surface area contributed by atoms with E-state index in [1.807, 2.05) is 6.92 Å². The molecule has 0 aliphatic carbocycles. The molecule has 0 aromatic heterocycles. The van der Waals surface area contributed by atoms with Crippen molar-refractivity contribution in [2.45, 2.75) is 90.8 Å². The number of nitrogens with one attached hydrogen (secondary N) is 1. The van der Waals surface area contributed by atoms with Crippen LogP contribution >= 0.6 is 0 Å². The van der Waals surface area contributed by atoms with Crippen LogP contribution in [0, 0.1) is 0 Å². The number of guanidine groups is 1. The molecule has 0 spiro atoms. The highest BCUT2D eigenvalue weighted by Gasteiger charge is 2.21. The molecule has 1 fully saturated rings. The molecule has 8 heteroatoms. The number of ether oxygens (including phenoxy) is 2. The van der Waals surface area contributed by atoms with Gasteiger partial charge in [0.05, 0.1) is 0 Å². The third-order valence-corrected chi connectivity index (χ3v) is 4.07. The summed E-state index contributed by atoms with van der Waals surface area (Å²) in [5.74, 6) is -1.82. The first-order valence-corrected chi connectivity index (χ1v) is 9.90. The number of hydrogen-bond acceptors (Lipinski definition) is 5. The highest BCUT2D eigenvalue weighted by Crippen LogP contribution is 2.14. The summed E-state index contributed by atoms with van der Waals surface area (Å²) < 4.78 is 34.0. The zero-order valence-electron chi connectivity index (χ0n) is 20.4. The summed E-state index contributed by atoms with van der Waals surface area (Å²) in [6.45, 7) is 3.22. The smallest absolute Gasteiger partial charge is 0.437 e. The van der Waals surface area contributed by atoms with E-state index in [1.54, 1.807) is 20.8 Å². The molecule has 0 saturated carbocycles. The van der Waals surface area contributed by atoms with Crippen molar-refractivity contribution in [2.75, 3.05) is 13.5 Å². The Labute approximate surface area is 172 Å². The van der Waals surface area contributed by atoms with Crippen LogP contribution < -0.4 is 5.32 Å². The lowest BCUT2D eigenvalue weighted by Gasteiger charge is -2.23. The first kappa shape index (κ1) is 19.2. The second-order valence-electron chi connectivity index (χ2n) is 7.88.